The van der Waals surface area contributed by atoms with E-state index >= 15 is 0 Å². The Balaban J connectivity index is 2.69. The molecule has 1 rings (SSSR count). The van der Waals surface area contributed by atoms with Crippen LogP contribution in [0.2, 0.25) is 0 Å². The first-order chi connectivity index (χ1) is 5.69. The lowest BCUT2D eigenvalue weighted by molar-refractivity contribution is -0.147. The lowest BCUT2D eigenvalue weighted by Gasteiger charge is -2.09. The van der Waals surface area contributed by atoms with Gasteiger partial charge in [-0.3, -0.25) is 9.59 Å². The van der Waals surface area contributed by atoms with Gasteiger partial charge in [0.15, 0.2) is 0 Å². The van der Waals surface area contributed by atoms with Crippen LogP contribution in [0.5, 0.6) is 0 Å². The van der Waals surface area contributed by atoms with E-state index in [2.05, 4.69) is 4.74 Å². The van der Waals surface area contributed by atoms with Crippen LogP contribution < -0.4 is 0 Å². The number of methoxy groups -OCH3 is 1. The zero-order chi connectivity index (χ0) is 9.14. The molecule has 0 aromatic rings. The Hall–Kier alpha value is -1.19. The Morgan fingerprint density at radius 3 is 2.75 bits per heavy atom. The van der Waals surface area contributed by atoms with Crippen LogP contribution in [0, 0.1) is 11.8 Å². The molecule has 4 nitrogen and oxygen atoms in total. The molecule has 0 radical (unpaired) electrons. The van der Waals surface area contributed by atoms with Crippen LogP contribution in [0.3, 0.4) is 0 Å². The Kier molecular flexibility index (Phi) is 2.58. The molecule has 2 atom stereocenters. The van der Waals surface area contributed by atoms with Crippen LogP contribution in [0.1, 0.15) is 12.8 Å². The summed E-state index contributed by atoms with van der Waals surface area (Å²) in [7, 11) is 1.26. The number of ketones is 1. The van der Waals surface area contributed by atoms with Crippen molar-refractivity contribution in [3.8, 4) is 0 Å². The number of esters is 1. The van der Waals surface area contributed by atoms with E-state index in [-0.39, 0.29) is 18.6 Å². The molecule has 0 spiro atoms. The molecule has 0 saturated heterocycles. The van der Waals surface area contributed by atoms with E-state index in [9.17, 15) is 14.4 Å². The average Bonchev–Trinajstić information content (AvgIpc) is 2.45. The van der Waals surface area contributed by atoms with E-state index in [0.717, 1.165) is 0 Å². The monoisotopic (exact) mass is 170 g/mol. The van der Waals surface area contributed by atoms with Crippen LogP contribution in [0.4, 0.5) is 0 Å². The topological polar surface area (TPSA) is 60.4 Å². The summed E-state index contributed by atoms with van der Waals surface area (Å²) in [5.41, 5.74) is 0. The number of ether oxygens (including phenoxy) is 1. The van der Waals surface area contributed by atoms with Crippen molar-refractivity contribution in [3.63, 3.8) is 0 Å². The number of rotatable bonds is 2. The smallest absolute Gasteiger partial charge is 0.309 e. The van der Waals surface area contributed by atoms with Gasteiger partial charge in [0.05, 0.1) is 13.0 Å². The molecule has 66 valence electrons. The molecule has 0 heterocycles. The molecule has 0 bridgehead atoms. The van der Waals surface area contributed by atoms with Gasteiger partial charge in [-0.05, 0) is 0 Å². The molecule has 0 aromatic carbocycles. The second-order valence-electron chi connectivity index (χ2n) is 2.88. The van der Waals surface area contributed by atoms with Crippen LogP contribution >= 0.6 is 0 Å². The minimum Gasteiger partial charge on any atom is -0.469 e. The van der Waals surface area contributed by atoms with Crippen molar-refractivity contribution in [1.29, 1.82) is 0 Å². The van der Waals surface area contributed by atoms with Gasteiger partial charge < -0.3 is 9.53 Å². The first-order valence-corrected chi connectivity index (χ1v) is 3.74. The fraction of sp³-hybridized carbons (Fsp3) is 0.625. The first-order valence-electron chi connectivity index (χ1n) is 3.74. The van der Waals surface area contributed by atoms with Gasteiger partial charge in [0.1, 0.15) is 12.1 Å². The maximum absolute atomic E-state index is 11.0. The molecule has 0 aliphatic heterocycles. The zero-order valence-corrected chi connectivity index (χ0v) is 6.78. The lowest BCUT2D eigenvalue weighted by Crippen LogP contribution is -2.20. The lowest BCUT2D eigenvalue weighted by atomic mass is 9.98. The van der Waals surface area contributed by atoms with Crippen molar-refractivity contribution in [2.45, 2.75) is 12.8 Å². The first kappa shape index (κ1) is 8.90. The van der Waals surface area contributed by atoms with Crippen LogP contribution in [0.25, 0.3) is 0 Å². The fourth-order valence-electron chi connectivity index (χ4n) is 1.44. The standard InChI is InChI=1S/C8H10O4/c1-12-8(11)7-3-6(10)2-5(7)4-9/h4-5,7H,2-3H2,1H3/t5-,7+/m0/s1. The molecule has 1 aliphatic carbocycles. The van der Waals surface area contributed by atoms with Crippen molar-refractivity contribution in [2.24, 2.45) is 11.8 Å². The molecule has 0 amide bonds. The second-order valence-corrected chi connectivity index (χ2v) is 2.88. The molecule has 0 unspecified atom stereocenters. The minimum atomic E-state index is -0.542. The summed E-state index contributed by atoms with van der Waals surface area (Å²) in [5.74, 6) is -1.51. The van der Waals surface area contributed by atoms with E-state index in [1.807, 2.05) is 0 Å². The molecule has 1 fully saturated rings. The normalized spacial score (nSPS) is 28.6. The summed E-state index contributed by atoms with van der Waals surface area (Å²) >= 11 is 0. The molecule has 1 aliphatic rings. The maximum Gasteiger partial charge on any atom is 0.309 e. The predicted octanol–water partition coefficient (Wildman–Crippen LogP) is -0.0464. The van der Waals surface area contributed by atoms with Crippen molar-refractivity contribution < 1.29 is 19.1 Å². The fourth-order valence-corrected chi connectivity index (χ4v) is 1.44. The summed E-state index contributed by atoms with van der Waals surface area (Å²) in [5, 5.41) is 0. The average molecular weight is 170 g/mol. The van der Waals surface area contributed by atoms with Crippen LogP contribution in [-0.2, 0) is 19.1 Å². The number of Topliss-reactive ketones (excluding diaryl/α,β-unsaturated/α-hetero) is 1. The summed E-state index contributed by atoms with van der Waals surface area (Å²) in [6, 6.07) is 0. The third-order valence-electron chi connectivity index (χ3n) is 2.11. The van der Waals surface area contributed by atoms with Gasteiger partial charge in [-0.15, -0.1) is 0 Å². The highest BCUT2D eigenvalue weighted by Crippen LogP contribution is 2.28. The number of hydrogen-bond acceptors (Lipinski definition) is 4. The summed E-state index contributed by atoms with van der Waals surface area (Å²) < 4.78 is 4.46. The summed E-state index contributed by atoms with van der Waals surface area (Å²) in [6.07, 6.45) is 0.992. The molecule has 1 saturated carbocycles. The number of carbonyl (C=O) groups is 3. The molecule has 4 heteroatoms. The van der Waals surface area contributed by atoms with Crippen molar-refractivity contribution in [3.05, 3.63) is 0 Å². The second kappa shape index (κ2) is 3.47. The van der Waals surface area contributed by atoms with Gasteiger partial charge in [-0.1, -0.05) is 0 Å². The Morgan fingerprint density at radius 2 is 2.25 bits per heavy atom. The highest BCUT2D eigenvalue weighted by atomic mass is 16.5. The van der Waals surface area contributed by atoms with E-state index < -0.39 is 17.8 Å². The van der Waals surface area contributed by atoms with Gasteiger partial charge >= 0.3 is 5.97 Å². The molecular formula is C8H10O4. The van der Waals surface area contributed by atoms with E-state index in [1.54, 1.807) is 0 Å². The van der Waals surface area contributed by atoms with Gasteiger partial charge in [-0.2, -0.15) is 0 Å². The van der Waals surface area contributed by atoms with Crippen LogP contribution in [-0.4, -0.2) is 25.1 Å². The number of aldehydes is 1. The molecule has 0 N–H and O–H groups in total. The predicted molar refractivity (Wildman–Crippen MR) is 39.3 cm³/mol. The quantitative estimate of drug-likeness (QED) is 0.430. The number of carbonyl (C=O) groups excluding carboxylic acids is 3. The molecule has 12 heavy (non-hydrogen) atoms. The van der Waals surface area contributed by atoms with E-state index in [1.165, 1.54) is 7.11 Å². The highest BCUT2D eigenvalue weighted by molar-refractivity contribution is 5.92. The molecule has 0 aromatic heterocycles. The minimum absolute atomic E-state index is 0.0394. The largest absolute Gasteiger partial charge is 0.469 e. The van der Waals surface area contributed by atoms with Crippen LogP contribution in [0.15, 0.2) is 0 Å². The van der Waals surface area contributed by atoms with Gasteiger partial charge in [0.25, 0.3) is 0 Å². The Labute approximate surface area is 69.9 Å². The Morgan fingerprint density at radius 1 is 1.58 bits per heavy atom. The highest BCUT2D eigenvalue weighted by Gasteiger charge is 2.38. The Bertz CT molecular complexity index is 221. The zero-order valence-electron chi connectivity index (χ0n) is 6.78. The summed E-state index contributed by atoms with van der Waals surface area (Å²) in [6.45, 7) is 0. The SMILES string of the molecule is COC(=O)[C@@H]1CC(=O)C[C@H]1C=O. The maximum atomic E-state index is 11.0. The van der Waals surface area contributed by atoms with Gasteiger partial charge in [0, 0.05) is 18.8 Å². The number of hydrogen-bond donors (Lipinski definition) is 0. The van der Waals surface area contributed by atoms with Gasteiger partial charge in [-0.25, -0.2) is 0 Å². The third kappa shape index (κ3) is 1.52. The third-order valence-corrected chi connectivity index (χ3v) is 2.11. The van der Waals surface area contributed by atoms with Crippen molar-refractivity contribution in [2.75, 3.05) is 7.11 Å². The van der Waals surface area contributed by atoms with Crippen molar-refractivity contribution in [1.82, 2.24) is 0 Å². The molecular weight excluding hydrogens is 160 g/mol. The van der Waals surface area contributed by atoms with Crippen molar-refractivity contribution >= 4 is 18.0 Å². The van der Waals surface area contributed by atoms with E-state index in [0.29, 0.717) is 6.29 Å². The summed E-state index contributed by atoms with van der Waals surface area (Å²) in [4.78, 5) is 32.3. The van der Waals surface area contributed by atoms with Gasteiger partial charge in [0.2, 0.25) is 0 Å². The van der Waals surface area contributed by atoms with E-state index in [4.69, 9.17) is 0 Å².